The quantitative estimate of drug-likeness (QED) is 0.0883. The van der Waals surface area contributed by atoms with Gasteiger partial charge in [-0.05, 0) is 31.6 Å². The molecule has 0 bridgehead atoms. The number of likely N-dealkylation sites (tertiary alicyclic amines) is 2. The van der Waals surface area contributed by atoms with Crippen LogP contribution in [0.4, 0.5) is 0 Å². The van der Waals surface area contributed by atoms with E-state index in [1.807, 2.05) is 69.2 Å². The van der Waals surface area contributed by atoms with Gasteiger partial charge >= 0.3 is 0 Å². The first-order valence-corrected chi connectivity index (χ1v) is 29.8. The van der Waals surface area contributed by atoms with E-state index in [9.17, 15) is 67.1 Å². The van der Waals surface area contributed by atoms with Gasteiger partial charge in [0.05, 0.1) is 41.8 Å². The summed E-state index contributed by atoms with van der Waals surface area (Å²) in [5.41, 5.74) is -0.375. The lowest BCUT2D eigenvalue weighted by atomic mass is 9.83. The van der Waals surface area contributed by atoms with E-state index in [1.165, 1.54) is 58.3 Å². The summed E-state index contributed by atoms with van der Waals surface area (Å²) in [5, 5.41) is 1.85. The molecule has 1 N–H and O–H groups in total. The monoisotopic (exact) mass is 1160 g/mol. The van der Waals surface area contributed by atoms with Gasteiger partial charge in [0.15, 0.2) is 5.78 Å². The maximum atomic E-state index is 12.4. The predicted molar refractivity (Wildman–Crippen MR) is 306 cm³/mol. The molecule has 80 heavy (non-hydrogen) atoms. The van der Waals surface area contributed by atoms with E-state index in [0.717, 1.165) is 40.7 Å². The van der Waals surface area contributed by atoms with Crippen LogP contribution in [0, 0.1) is 40.9 Å². The van der Waals surface area contributed by atoms with E-state index in [0.29, 0.717) is 55.7 Å². The van der Waals surface area contributed by atoms with Crippen LogP contribution in [0.1, 0.15) is 148 Å². The highest BCUT2D eigenvalue weighted by atomic mass is 32.2. The summed E-state index contributed by atoms with van der Waals surface area (Å²) in [7, 11) is 0. The Morgan fingerprint density at radius 1 is 0.575 bits per heavy atom. The van der Waals surface area contributed by atoms with Gasteiger partial charge < -0.3 is 10.1 Å². The molecule has 22 heteroatoms. The third-order valence-electron chi connectivity index (χ3n) is 13.4. The van der Waals surface area contributed by atoms with Crippen molar-refractivity contribution in [3.05, 3.63) is 24.3 Å². The zero-order valence-electron chi connectivity index (χ0n) is 49.7. The molecule has 0 aromatic heterocycles. The minimum atomic E-state index is -0.489. The molecule has 0 spiro atoms. The number of ketones is 5. The second kappa shape index (κ2) is 36.1. The molecule has 4 heterocycles. The molecule has 4 aliphatic heterocycles. The second-order valence-corrected chi connectivity index (χ2v) is 24.7. The lowest BCUT2D eigenvalue weighted by Crippen LogP contribution is -2.41. The number of hydrogen-bond donors (Lipinski definition) is 1. The lowest BCUT2D eigenvalue weighted by Gasteiger charge is -2.29. The van der Waals surface area contributed by atoms with Crippen LogP contribution >= 0.6 is 23.5 Å². The second-order valence-electron chi connectivity index (χ2n) is 22.4. The van der Waals surface area contributed by atoms with E-state index in [2.05, 4.69) is 12.2 Å². The average Bonchev–Trinajstić information content (AvgIpc) is 4.07. The van der Waals surface area contributed by atoms with E-state index >= 15 is 0 Å². The molecule has 20 nitrogen and oxygen atoms in total. The number of carbonyl (C=O) groups excluding carboxylic acids is 14. The fraction of sp³-hybridized carbons (Fsp3) is 0.690. The van der Waals surface area contributed by atoms with Crippen molar-refractivity contribution in [2.45, 2.75) is 159 Å². The van der Waals surface area contributed by atoms with Gasteiger partial charge in [0.25, 0.3) is 23.6 Å². The van der Waals surface area contributed by atoms with E-state index in [4.69, 9.17) is 4.74 Å². The zero-order valence-corrected chi connectivity index (χ0v) is 51.3. The third kappa shape index (κ3) is 26.0. The highest BCUT2D eigenvalue weighted by Gasteiger charge is 2.41. The van der Waals surface area contributed by atoms with Crippen LogP contribution in [-0.4, -0.2) is 170 Å². The van der Waals surface area contributed by atoms with Crippen LogP contribution in [0.5, 0.6) is 0 Å². The normalized spacial score (nSPS) is 19.8. The van der Waals surface area contributed by atoms with Gasteiger partial charge in [0, 0.05) is 98.7 Å². The first-order valence-electron chi connectivity index (χ1n) is 27.7. The number of nitrogens with zero attached hydrogens (tertiary/aromatic N) is 4. The Kier molecular flexibility index (Phi) is 32.7. The number of amides is 9. The Labute approximate surface area is 481 Å². The Balaban J connectivity index is 0.000000521. The molecule has 448 valence electrons. The van der Waals surface area contributed by atoms with Gasteiger partial charge in [-0.2, -0.15) is 0 Å². The van der Waals surface area contributed by atoms with Crippen LogP contribution in [0.25, 0.3) is 0 Å². The first-order chi connectivity index (χ1) is 37.3. The number of carbonyl (C=O) groups is 14. The highest BCUT2D eigenvalue weighted by Crippen LogP contribution is 2.32. The van der Waals surface area contributed by atoms with E-state index in [-0.39, 0.29) is 125 Å². The minimum Gasteiger partial charge on any atom is -0.379 e. The van der Waals surface area contributed by atoms with Crippen LogP contribution < -0.4 is 5.32 Å². The minimum absolute atomic E-state index is 0.0121. The fourth-order valence-electron chi connectivity index (χ4n) is 7.58. The molecule has 2 atom stereocenters. The van der Waals surface area contributed by atoms with Crippen LogP contribution in [0.3, 0.4) is 0 Å². The number of hydrogen-bond acceptors (Lipinski definition) is 17. The van der Waals surface area contributed by atoms with Gasteiger partial charge in [-0.3, -0.25) is 86.7 Å². The molecule has 3 fully saturated rings. The van der Waals surface area contributed by atoms with Crippen molar-refractivity contribution in [1.29, 1.82) is 0 Å². The van der Waals surface area contributed by atoms with E-state index in [1.54, 1.807) is 20.8 Å². The zero-order chi connectivity index (χ0) is 61.2. The number of rotatable bonds is 24. The molecule has 1 saturated carbocycles. The van der Waals surface area contributed by atoms with Gasteiger partial charge in [0.1, 0.15) is 29.7 Å². The van der Waals surface area contributed by atoms with Crippen molar-refractivity contribution in [3.63, 3.8) is 0 Å². The molecule has 0 aromatic rings. The molecular weight excluding hydrogens is 1070 g/mol. The highest BCUT2D eigenvalue weighted by molar-refractivity contribution is 8.01. The molecule has 2 saturated heterocycles. The Morgan fingerprint density at radius 3 is 1.36 bits per heavy atom. The molecule has 2 unspecified atom stereocenters. The van der Waals surface area contributed by atoms with Crippen LogP contribution in [0.2, 0.25) is 0 Å². The predicted octanol–water partition coefficient (Wildman–Crippen LogP) is 5.80. The Hall–Kier alpha value is -5.48. The summed E-state index contributed by atoms with van der Waals surface area (Å²) in [6, 6.07) is 0. The number of nitrogens with one attached hydrogen (secondary N) is 1. The molecule has 0 aromatic carbocycles. The van der Waals surface area contributed by atoms with Crippen molar-refractivity contribution in [3.8, 4) is 0 Å². The van der Waals surface area contributed by atoms with E-state index < -0.39 is 29.5 Å². The summed E-state index contributed by atoms with van der Waals surface area (Å²) >= 11 is 2.63. The summed E-state index contributed by atoms with van der Waals surface area (Å²) in [4.78, 5) is 165. The average molecular weight is 1160 g/mol. The summed E-state index contributed by atoms with van der Waals surface area (Å²) < 4.78 is 5.27. The number of Topliss-reactive ketones (excluding diaryl/α,β-unsaturated/α-hetero) is 5. The maximum Gasteiger partial charge on any atom is 0.254 e. The smallest absolute Gasteiger partial charge is 0.254 e. The summed E-state index contributed by atoms with van der Waals surface area (Å²) in [5.74, 6) is -0.0587. The molecule has 5 aliphatic rings. The molecule has 0 radical (unpaired) electrons. The van der Waals surface area contributed by atoms with Crippen molar-refractivity contribution < 1.29 is 71.9 Å². The molecular formula is C58H89N5O15S2. The number of thioether (sulfide) groups is 2. The van der Waals surface area contributed by atoms with Crippen molar-refractivity contribution in [1.82, 2.24) is 24.9 Å². The van der Waals surface area contributed by atoms with Gasteiger partial charge in [-0.1, -0.05) is 103 Å². The molecule has 5 rings (SSSR count). The van der Waals surface area contributed by atoms with Crippen LogP contribution in [-0.2, 0) is 71.9 Å². The Bertz CT molecular complexity index is 2260. The molecule has 9 amide bonds. The SMILES string of the molecule is CC(C)(C)C(=O)CCOCCNC(=O)CN1C(=O)C=CC1=O.CC(C)C(=O)CN1C(=O)C=CC1=O.CC1CCC(CN2C(=O)CC(SCC(=O)C(C)C)C2=O)CC1.CCC(=O)C(C)C.CCN1C(=O)CC(SCC(=O)C(C)C)C1=O. The molecule has 1 aliphatic carbocycles. The summed E-state index contributed by atoms with van der Waals surface area (Å²) in [6.45, 7) is 27.6. The van der Waals surface area contributed by atoms with Crippen LogP contribution in [0.15, 0.2) is 24.3 Å². The third-order valence-corrected chi connectivity index (χ3v) is 15.8. The summed E-state index contributed by atoms with van der Waals surface area (Å²) in [6.07, 6.45) is 10.7. The number of imide groups is 4. The first kappa shape index (κ1) is 72.5. The standard InChI is InChI=1S/C17H27NO3S.C15H22N2O5.C11H17NO3S.C9H11NO3.C6H12O/c1-11(2)14(19)10-22-15-8-16(20)18(17(15)21)9-13-6-4-12(3)5-7-13;1-15(2,3)11(18)6-8-22-9-7-16-12(19)10-17-13(20)4-5-14(17)21;1-4-12-10(14)5-9(11(12)15)16-6-8(13)7(2)3;1-6(2)7(11)5-10-8(12)3-4-9(10)13;1-4-6(7)5(2)3/h11-13,15H,4-10H2,1-3H3;4-5H,6-10H2,1-3H3,(H,16,19);7,9H,4-6H2,1-3H3;3-4,6H,5H2,1-2H3;5H,4H2,1-3H3. The maximum absolute atomic E-state index is 12.4. The number of ether oxygens (including phenoxy) is 1. The lowest BCUT2D eigenvalue weighted by molar-refractivity contribution is -0.141. The van der Waals surface area contributed by atoms with Crippen molar-refractivity contribution in [2.24, 2.45) is 40.9 Å². The van der Waals surface area contributed by atoms with Gasteiger partial charge in [-0.25, -0.2) is 0 Å². The van der Waals surface area contributed by atoms with Gasteiger partial charge in [0.2, 0.25) is 29.5 Å². The topological polar surface area (TPSA) is 273 Å². The van der Waals surface area contributed by atoms with Gasteiger partial charge in [-0.15, -0.1) is 23.5 Å². The fourth-order valence-corrected chi connectivity index (χ4v) is 10.0. The largest absolute Gasteiger partial charge is 0.379 e. The van der Waals surface area contributed by atoms with Crippen molar-refractivity contribution in [2.75, 3.05) is 57.4 Å². The van der Waals surface area contributed by atoms with Crippen molar-refractivity contribution >= 4 is 106 Å². The Morgan fingerprint density at radius 2 is 0.988 bits per heavy atom.